The number of amides is 2. The van der Waals surface area contributed by atoms with E-state index in [2.05, 4.69) is 5.32 Å². The van der Waals surface area contributed by atoms with Crippen LogP contribution in [0.5, 0.6) is 0 Å². The molecular weight excluding hydrogens is 327 g/mol. The Kier molecular flexibility index (Phi) is 6.09. The molecule has 1 aromatic heterocycles. The van der Waals surface area contributed by atoms with E-state index >= 15 is 0 Å². The van der Waals surface area contributed by atoms with Gasteiger partial charge in [0, 0.05) is 19.2 Å². The lowest BCUT2D eigenvalue weighted by Gasteiger charge is -2.27. The van der Waals surface area contributed by atoms with Gasteiger partial charge >= 0.3 is 0 Å². The summed E-state index contributed by atoms with van der Waals surface area (Å²) in [4.78, 5) is 26.6. The van der Waals surface area contributed by atoms with Crippen molar-refractivity contribution in [1.29, 1.82) is 0 Å². The first-order valence-electron chi connectivity index (χ1n) is 7.71. The van der Waals surface area contributed by atoms with Gasteiger partial charge in [0.2, 0.25) is 5.91 Å². The molecule has 0 bridgehead atoms. The number of hydrogen-bond acceptors (Lipinski definition) is 3. The third-order valence-corrected chi connectivity index (χ3v) is 4.43. The maximum atomic E-state index is 13.0. The fraction of sp³-hybridized carbons (Fsp3) is 0.333. The van der Waals surface area contributed by atoms with Crippen LogP contribution < -0.4 is 5.32 Å². The molecule has 2 rings (SSSR count). The maximum absolute atomic E-state index is 13.0. The van der Waals surface area contributed by atoms with Gasteiger partial charge in [-0.3, -0.25) is 9.59 Å². The number of rotatable bonds is 6. The number of likely N-dealkylation sites (N-methyl/N-ethyl adjacent to an activating group) is 1. The Morgan fingerprint density at radius 1 is 1.21 bits per heavy atom. The first-order valence-corrected chi connectivity index (χ1v) is 8.65. The number of nitrogens with zero attached hydrogens (tertiary/aromatic N) is 1. The van der Waals surface area contributed by atoms with Crippen LogP contribution in [0.15, 0.2) is 41.1 Å². The molecular formula is C18H21FN2O2S. The van der Waals surface area contributed by atoms with Gasteiger partial charge in [-0.05, 0) is 52.6 Å². The Morgan fingerprint density at radius 3 is 2.42 bits per heavy atom. The van der Waals surface area contributed by atoms with E-state index in [1.165, 1.54) is 24.3 Å². The molecule has 0 saturated heterocycles. The van der Waals surface area contributed by atoms with E-state index in [1.54, 1.807) is 23.3 Å². The van der Waals surface area contributed by atoms with Gasteiger partial charge in [-0.2, -0.15) is 11.3 Å². The van der Waals surface area contributed by atoms with Crippen LogP contribution in [0.1, 0.15) is 29.8 Å². The molecule has 1 N–H and O–H groups in total. The van der Waals surface area contributed by atoms with E-state index in [1.807, 2.05) is 30.7 Å². The highest BCUT2D eigenvalue weighted by atomic mass is 32.1. The molecule has 0 aliphatic carbocycles. The van der Waals surface area contributed by atoms with Gasteiger partial charge in [-0.15, -0.1) is 0 Å². The lowest BCUT2D eigenvalue weighted by Crippen LogP contribution is -2.50. The summed E-state index contributed by atoms with van der Waals surface area (Å²) >= 11 is 1.58. The number of halogens is 1. The summed E-state index contributed by atoms with van der Waals surface area (Å²) in [5.74, 6) is -0.997. The number of thiophene rings is 1. The van der Waals surface area contributed by atoms with E-state index in [-0.39, 0.29) is 17.7 Å². The SMILES string of the molecule is CC(C)C(NC(=O)c1ccc(F)cc1)C(=O)N(C)Cc1ccsc1. The highest BCUT2D eigenvalue weighted by molar-refractivity contribution is 7.07. The van der Waals surface area contributed by atoms with E-state index in [9.17, 15) is 14.0 Å². The fourth-order valence-corrected chi connectivity index (χ4v) is 2.97. The summed E-state index contributed by atoms with van der Waals surface area (Å²) in [5, 5.41) is 6.72. The van der Waals surface area contributed by atoms with Crippen molar-refractivity contribution in [1.82, 2.24) is 10.2 Å². The summed E-state index contributed by atoms with van der Waals surface area (Å²) in [5.41, 5.74) is 1.39. The van der Waals surface area contributed by atoms with E-state index in [0.29, 0.717) is 12.1 Å². The average molecular weight is 348 g/mol. The zero-order chi connectivity index (χ0) is 17.7. The quantitative estimate of drug-likeness (QED) is 0.871. The van der Waals surface area contributed by atoms with Crippen molar-refractivity contribution in [2.24, 2.45) is 5.92 Å². The normalized spacial score (nSPS) is 12.0. The molecule has 2 amide bonds. The van der Waals surface area contributed by atoms with E-state index in [4.69, 9.17) is 0 Å². The molecule has 1 aromatic carbocycles. The fourth-order valence-electron chi connectivity index (χ4n) is 2.31. The zero-order valence-electron chi connectivity index (χ0n) is 14.0. The Morgan fingerprint density at radius 2 is 1.88 bits per heavy atom. The Hall–Kier alpha value is -2.21. The molecule has 2 aromatic rings. The lowest BCUT2D eigenvalue weighted by atomic mass is 10.0. The van der Waals surface area contributed by atoms with Crippen LogP contribution in [0.4, 0.5) is 4.39 Å². The van der Waals surface area contributed by atoms with Gasteiger partial charge < -0.3 is 10.2 Å². The average Bonchev–Trinajstić information content (AvgIpc) is 3.05. The molecule has 1 heterocycles. The molecule has 0 radical (unpaired) electrons. The van der Waals surface area contributed by atoms with E-state index in [0.717, 1.165) is 5.56 Å². The Labute approximate surface area is 145 Å². The van der Waals surface area contributed by atoms with Crippen LogP contribution in [0.3, 0.4) is 0 Å². The van der Waals surface area contributed by atoms with Crippen LogP contribution in [-0.4, -0.2) is 29.8 Å². The first kappa shape index (κ1) is 18.1. The molecule has 24 heavy (non-hydrogen) atoms. The second-order valence-electron chi connectivity index (χ2n) is 6.03. The second kappa shape index (κ2) is 8.06. The van der Waals surface area contributed by atoms with Gasteiger partial charge in [-0.25, -0.2) is 4.39 Å². The minimum atomic E-state index is -0.633. The maximum Gasteiger partial charge on any atom is 0.251 e. The van der Waals surface area contributed by atoms with Crippen molar-refractivity contribution >= 4 is 23.2 Å². The van der Waals surface area contributed by atoms with Crippen LogP contribution >= 0.6 is 11.3 Å². The van der Waals surface area contributed by atoms with Gasteiger partial charge in [0.25, 0.3) is 5.91 Å². The third kappa shape index (κ3) is 4.64. The van der Waals surface area contributed by atoms with Crippen molar-refractivity contribution in [2.75, 3.05) is 7.05 Å². The summed E-state index contributed by atoms with van der Waals surface area (Å²) in [7, 11) is 1.72. The molecule has 1 atom stereocenters. The number of carbonyl (C=O) groups is 2. The molecule has 0 spiro atoms. The van der Waals surface area contributed by atoms with E-state index < -0.39 is 11.9 Å². The summed E-state index contributed by atoms with van der Waals surface area (Å²) in [6.07, 6.45) is 0. The minimum absolute atomic E-state index is 0.0631. The van der Waals surface area contributed by atoms with Crippen molar-refractivity contribution < 1.29 is 14.0 Å². The number of benzene rings is 1. The van der Waals surface area contributed by atoms with Crippen molar-refractivity contribution in [3.8, 4) is 0 Å². The number of hydrogen-bond donors (Lipinski definition) is 1. The van der Waals surface area contributed by atoms with Crippen molar-refractivity contribution in [3.05, 3.63) is 58.0 Å². The first-order chi connectivity index (χ1) is 11.4. The predicted octanol–water partition coefficient (Wildman–Crippen LogP) is 3.30. The highest BCUT2D eigenvalue weighted by Gasteiger charge is 2.27. The van der Waals surface area contributed by atoms with Crippen LogP contribution in [0.2, 0.25) is 0 Å². The molecule has 4 nitrogen and oxygen atoms in total. The largest absolute Gasteiger partial charge is 0.340 e. The number of nitrogens with one attached hydrogen (secondary N) is 1. The minimum Gasteiger partial charge on any atom is -0.340 e. The van der Waals surface area contributed by atoms with Gasteiger partial charge in [0.05, 0.1) is 0 Å². The van der Waals surface area contributed by atoms with Crippen LogP contribution in [-0.2, 0) is 11.3 Å². The third-order valence-electron chi connectivity index (χ3n) is 3.70. The lowest BCUT2D eigenvalue weighted by molar-refractivity contribution is -0.133. The summed E-state index contributed by atoms with van der Waals surface area (Å²) in [6.45, 7) is 4.26. The number of carbonyl (C=O) groups excluding carboxylic acids is 2. The molecule has 128 valence electrons. The standard InChI is InChI=1S/C18H21FN2O2S/c1-12(2)16(18(23)21(3)10-13-8-9-24-11-13)20-17(22)14-4-6-15(19)7-5-14/h4-9,11-12,16H,10H2,1-3H3,(H,20,22). The zero-order valence-corrected chi connectivity index (χ0v) is 14.8. The summed E-state index contributed by atoms with van der Waals surface area (Å²) in [6, 6.07) is 6.60. The van der Waals surface area contributed by atoms with Crippen molar-refractivity contribution in [2.45, 2.75) is 26.4 Å². The molecule has 0 saturated carbocycles. The van der Waals surface area contributed by atoms with Gasteiger partial charge in [-0.1, -0.05) is 13.8 Å². The van der Waals surface area contributed by atoms with Crippen molar-refractivity contribution in [3.63, 3.8) is 0 Å². The molecule has 0 aliphatic heterocycles. The second-order valence-corrected chi connectivity index (χ2v) is 6.81. The van der Waals surface area contributed by atoms with Crippen LogP contribution in [0, 0.1) is 11.7 Å². The molecule has 0 fully saturated rings. The van der Waals surface area contributed by atoms with Gasteiger partial charge in [0.1, 0.15) is 11.9 Å². The molecule has 0 aliphatic rings. The highest BCUT2D eigenvalue weighted by Crippen LogP contribution is 2.12. The monoisotopic (exact) mass is 348 g/mol. The Balaban J connectivity index is 2.06. The topological polar surface area (TPSA) is 49.4 Å². The molecule has 6 heteroatoms. The van der Waals surface area contributed by atoms with Crippen LogP contribution in [0.25, 0.3) is 0 Å². The summed E-state index contributed by atoms with van der Waals surface area (Å²) < 4.78 is 13.0. The van der Waals surface area contributed by atoms with Gasteiger partial charge in [0.15, 0.2) is 0 Å². The predicted molar refractivity (Wildman–Crippen MR) is 93.3 cm³/mol. The molecule has 1 unspecified atom stereocenters. The Bertz CT molecular complexity index is 684. The smallest absolute Gasteiger partial charge is 0.251 e.